The van der Waals surface area contributed by atoms with Gasteiger partial charge in [-0.2, -0.15) is 0 Å². The second-order valence-corrected chi connectivity index (χ2v) is 10.9. The van der Waals surface area contributed by atoms with Gasteiger partial charge in [0, 0.05) is 29.2 Å². The van der Waals surface area contributed by atoms with E-state index in [2.05, 4.69) is 49.1 Å². The number of nitrogens with zero attached hydrogens (tertiary/aromatic N) is 2. The maximum absolute atomic E-state index is 12.6. The summed E-state index contributed by atoms with van der Waals surface area (Å²) in [6.07, 6.45) is 16.4. The number of benzene rings is 1. The Balaban J connectivity index is 0.000000976. The lowest BCUT2D eigenvalue weighted by Gasteiger charge is -2.46. The van der Waals surface area contributed by atoms with Crippen molar-refractivity contribution in [3.63, 3.8) is 0 Å². The summed E-state index contributed by atoms with van der Waals surface area (Å²) < 4.78 is 17.0. The molecule has 1 spiro atoms. The molecule has 0 aliphatic carbocycles. The molecule has 0 radical (unpaired) electrons. The Morgan fingerprint density at radius 3 is 2.28 bits per heavy atom. The summed E-state index contributed by atoms with van der Waals surface area (Å²) in [6.45, 7) is 17.4. The van der Waals surface area contributed by atoms with Gasteiger partial charge < -0.3 is 4.74 Å². The van der Waals surface area contributed by atoms with E-state index in [0.717, 1.165) is 55.2 Å². The molecule has 2 saturated heterocycles. The van der Waals surface area contributed by atoms with Crippen molar-refractivity contribution in [2.45, 2.75) is 74.3 Å². The summed E-state index contributed by atoms with van der Waals surface area (Å²) in [6, 6.07) is 4.40. The van der Waals surface area contributed by atoms with Crippen molar-refractivity contribution in [1.29, 1.82) is 0 Å². The topological polar surface area (TPSA) is 32.8 Å². The fraction of sp³-hybridized carbons (Fsp3) is 0.485. The third kappa shape index (κ3) is 9.81. The number of likely N-dealkylation sites (tertiary alicyclic amines) is 1. The Morgan fingerprint density at radius 1 is 1.08 bits per heavy atom. The minimum atomic E-state index is -0.243. The highest BCUT2D eigenvalue weighted by Crippen LogP contribution is 2.38. The number of carbonyl (C=O) groups is 1. The Bertz CT molecular complexity index is 1100. The van der Waals surface area contributed by atoms with Gasteiger partial charge in [-0.05, 0) is 110 Å². The maximum atomic E-state index is 12.6. The highest BCUT2D eigenvalue weighted by molar-refractivity contribution is 6.31. The number of hydrogen-bond acceptors (Lipinski definition) is 3. The third-order valence-electron chi connectivity index (χ3n) is 7.55. The minimum Gasteiger partial charge on any atom is -0.448 e. The molecule has 3 rings (SSSR count). The number of cyclic esters (lactones) is 1. The highest BCUT2D eigenvalue weighted by Gasteiger charge is 2.43. The molecule has 2 heterocycles. The summed E-state index contributed by atoms with van der Waals surface area (Å²) in [5, 5.41) is 0.858. The molecular formula is C33H46ClFN2O2. The van der Waals surface area contributed by atoms with Crippen molar-refractivity contribution in [3.05, 3.63) is 93.5 Å². The molecule has 2 aliphatic rings. The Morgan fingerprint density at radius 2 is 1.74 bits per heavy atom. The largest absolute Gasteiger partial charge is 0.448 e. The Kier molecular flexibility index (Phi) is 13.2. The molecular weight excluding hydrogens is 511 g/mol. The quantitative estimate of drug-likeness (QED) is 0.248. The van der Waals surface area contributed by atoms with E-state index < -0.39 is 0 Å². The van der Waals surface area contributed by atoms with Crippen LogP contribution in [0.2, 0.25) is 5.02 Å². The predicted molar refractivity (Wildman–Crippen MR) is 163 cm³/mol. The zero-order chi connectivity index (χ0) is 29.0. The first-order valence-corrected chi connectivity index (χ1v) is 14.3. The van der Waals surface area contributed by atoms with Gasteiger partial charge in [0.15, 0.2) is 0 Å². The third-order valence-corrected chi connectivity index (χ3v) is 7.89. The molecule has 0 atom stereocenters. The molecule has 0 unspecified atom stereocenters. The second-order valence-electron chi connectivity index (χ2n) is 10.5. The summed E-state index contributed by atoms with van der Waals surface area (Å²) in [7, 11) is 0. The first-order chi connectivity index (χ1) is 18.6. The van der Waals surface area contributed by atoms with Crippen LogP contribution >= 0.6 is 11.6 Å². The molecule has 214 valence electrons. The molecule has 0 bridgehead atoms. The van der Waals surface area contributed by atoms with Gasteiger partial charge in [-0.25, -0.2) is 9.18 Å². The summed E-state index contributed by atoms with van der Waals surface area (Å²) in [5.41, 5.74) is 5.80. The van der Waals surface area contributed by atoms with Crippen LogP contribution in [0.25, 0.3) is 0 Å². The van der Waals surface area contributed by atoms with Crippen molar-refractivity contribution in [1.82, 2.24) is 9.80 Å². The fourth-order valence-corrected chi connectivity index (χ4v) is 5.13. The molecule has 2 aliphatic heterocycles. The number of allylic oxidation sites excluding steroid dienone is 9. The summed E-state index contributed by atoms with van der Waals surface area (Å²) >= 11 is 6.61. The van der Waals surface area contributed by atoms with Crippen molar-refractivity contribution >= 4 is 17.7 Å². The normalized spacial score (nSPS) is 19.1. The molecule has 1 amide bonds. The van der Waals surface area contributed by atoms with Gasteiger partial charge in [0.1, 0.15) is 6.61 Å². The lowest BCUT2D eigenvalue weighted by Crippen LogP contribution is -2.53. The van der Waals surface area contributed by atoms with Crippen molar-refractivity contribution in [2.75, 3.05) is 26.2 Å². The smallest absolute Gasteiger partial charge is 0.414 e. The van der Waals surface area contributed by atoms with Crippen LogP contribution in [0.15, 0.2) is 71.8 Å². The first-order valence-electron chi connectivity index (χ1n) is 13.9. The molecule has 1 aromatic rings. The fourth-order valence-electron chi connectivity index (χ4n) is 4.77. The van der Waals surface area contributed by atoms with E-state index in [-0.39, 0.29) is 17.3 Å². The van der Waals surface area contributed by atoms with E-state index in [4.69, 9.17) is 16.3 Å². The number of piperidine rings is 1. The number of hydrogen-bond donors (Lipinski definition) is 0. The molecule has 0 saturated carbocycles. The van der Waals surface area contributed by atoms with Crippen molar-refractivity contribution in [2.24, 2.45) is 5.41 Å². The second kappa shape index (κ2) is 15.8. The first kappa shape index (κ1) is 32.6. The van der Waals surface area contributed by atoms with Gasteiger partial charge in [0.25, 0.3) is 0 Å². The van der Waals surface area contributed by atoms with E-state index in [1.54, 1.807) is 6.92 Å². The van der Waals surface area contributed by atoms with Gasteiger partial charge in [0.2, 0.25) is 0 Å². The predicted octanol–water partition coefficient (Wildman–Crippen LogP) is 9.11. The number of ether oxygens (including phenoxy) is 1. The average Bonchev–Trinajstić information content (AvgIpc) is 2.92. The number of aryl methyl sites for hydroxylation is 1. The van der Waals surface area contributed by atoms with Crippen LogP contribution in [0.1, 0.15) is 71.1 Å². The van der Waals surface area contributed by atoms with Crippen molar-refractivity contribution in [3.8, 4) is 0 Å². The molecule has 2 fully saturated rings. The van der Waals surface area contributed by atoms with Crippen LogP contribution in [-0.4, -0.2) is 42.1 Å². The van der Waals surface area contributed by atoms with E-state index in [0.29, 0.717) is 13.2 Å². The van der Waals surface area contributed by atoms with Gasteiger partial charge >= 0.3 is 6.09 Å². The Hall–Kier alpha value is -2.63. The zero-order valence-corrected chi connectivity index (χ0v) is 25.6. The van der Waals surface area contributed by atoms with Gasteiger partial charge in [-0.15, -0.1) is 0 Å². The van der Waals surface area contributed by atoms with Crippen LogP contribution in [0.4, 0.5) is 9.18 Å². The Labute approximate surface area is 240 Å². The summed E-state index contributed by atoms with van der Waals surface area (Å²) in [4.78, 5) is 16.9. The van der Waals surface area contributed by atoms with Crippen LogP contribution in [0.5, 0.6) is 0 Å². The number of halogens is 2. The van der Waals surface area contributed by atoms with Gasteiger partial charge in [0.05, 0.1) is 5.83 Å². The SMILES string of the molecule is C/C=C(\C)F.C/C=C\Cc1c(C)cc(CN2CCC3(CC2)COC(=O)N(C(/C=C\C(C)=C/C)=C/C)C3)cc1Cl. The van der Waals surface area contributed by atoms with E-state index >= 15 is 0 Å². The van der Waals surface area contributed by atoms with Crippen LogP contribution < -0.4 is 0 Å². The average molecular weight is 557 g/mol. The van der Waals surface area contributed by atoms with Gasteiger partial charge in [-0.1, -0.05) is 59.7 Å². The molecule has 6 heteroatoms. The molecule has 39 heavy (non-hydrogen) atoms. The van der Waals surface area contributed by atoms with E-state index in [1.165, 1.54) is 29.7 Å². The maximum Gasteiger partial charge on any atom is 0.414 e. The minimum absolute atomic E-state index is 0.00601. The van der Waals surface area contributed by atoms with E-state index in [1.807, 2.05) is 43.9 Å². The lowest BCUT2D eigenvalue weighted by molar-refractivity contribution is -0.0298. The van der Waals surface area contributed by atoms with Crippen molar-refractivity contribution < 1.29 is 13.9 Å². The summed E-state index contributed by atoms with van der Waals surface area (Å²) in [5.74, 6) is -0.120. The van der Waals surface area contributed by atoms with Crippen LogP contribution in [0.3, 0.4) is 0 Å². The lowest BCUT2D eigenvalue weighted by atomic mass is 9.77. The number of carbonyl (C=O) groups excluding carboxylic acids is 1. The molecule has 4 nitrogen and oxygen atoms in total. The molecule has 0 N–H and O–H groups in total. The number of rotatable bonds is 7. The monoisotopic (exact) mass is 556 g/mol. The zero-order valence-electron chi connectivity index (χ0n) is 24.8. The molecule has 0 aromatic heterocycles. The van der Waals surface area contributed by atoms with E-state index in [9.17, 15) is 9.18 Å². The van der Waals surface area contributed by atoms with Crippen LogP contribution in [0, 0.1) is 12.3 Å². The van der Waals surface area contributed by atoms with Crippen LogP contribution in [-0.2, 0) is 17.7 Å². The molecule has 1 aromatic carbocycles. The highest BCUT2D eigenvalue weighted by atomic mass is 35.5. The van der Waals surface area contributed by atoms with Gasteiger partial charge in [-0.3, -0.25) is 9.80 Å². The number of amides is 1. The standard InChI is InChI=1S/C29H39ClN2O2.C4H7F/c1-6-9-10-26-23(5)17-24(18-27(26)30)19-31-15-13-29(14-16-31)20-32(28(33)34-21-29)25(8-3)12-11-22(4)7-2;1-3-4(2)5/h6-9,11-12,17-18H,10,13-16,19-21H2,1-5H3;3H,1-2H3/b9-6-,12-11-,22-7-,25-8+;4-3+.